The van der Waals surface area contributed by atoms with Crippen molar-refractivity contribution in [2.75, 3.05) is 38.2 Å². The first kappa shape index (κ1) is 33.7. The minimum atomic E-state index is -0.572. The predicted octanol–water partition coefficient (Wildman–Crippen LogP) is 6.38. The second-order valence-electron chi connectivity index (χ2n) is 13.7. The Kier molecular flexibility index (Phi) is 11.2. The molecule has 9 heteroatoms. The van der Waals surface area contributed by atoms with Crippen molar-refractivity contribution in [1.29, 1.82) is 5.26 Å². The summed E-state index contributed by atoms with van der Waals surface area (Å²) < 4.78 is 11.9. The zero-order chi connectivity index (χ0) is 32.7. The van der Waals surface area contributed by atoms with E-state index in [0.29, 0.717) is 44.1 Å². The molecule has 0 N–H and O–H groups in total. The lowest BCUT2D eigenvalue weighted by molar-refractivity contribution is -0.150. The van der Waals surface area contributed by atoms with Gasteiger partial charge in [-0.3, -0.25) is 4.90 Å². The van der Waals surface area contributed by atoms with Crippen LogP contribution < -0.4 is 9.64 Å². The van der Waals surface area contributed by atoms with Crippen LogP contribution in [-0.2, 0) is 28.8 Å². The molecule has 0 spiro atoms. The van der Waals surface area contributed by atoms with Crippen LogP contribution in [0.3, 0.4) is 0 Å². The molecule has 0 radical (unpaired) electrons. The molecule has 0 amide bonds. The largest absolute Gasteiger partial charge is 0.458 e. The number of hydrogen-bond donors (Lipinski definition) is 0. The highest BCUT2D eigenvalue weighted by Gasteiger charge is 2.29. The summed E-state index contributed by atoms with van der Waals surface area (Å²) in [6, 6.07) is 13.4. The van der Waals surface area contributed by atoms with Crippen LogP contribution >= 0.6 is 12.2 Å². The van der Waals surface area contributed by atoms with Gasteiger partial charge in [0.25, 0.3) is 0 Å². The van der Waals surface area contributed by atoms with E-state index in [1.165, 1.54) is 11.1 Å². The first-order valence-corrected chi connectivity index (χ1v) is 17.0. The van der Waals surface area contributed by atoms with Crippen LogP contribution in [0, 0.1) is 17.2 Å². The average molecular weight is 642 g/mol. The van der Waals surface area contributed by atoms with Crippen molar-refractivity contribution in [2.45, 2.75) is 90.2 Å². The van der Waals surface area contributed by atoms with E-state index in [4.69, 9.17) is 31.7 Å². The highest BCUT2D eigenvalue weighted by Crippen LogP contribution is 2.34. The molecular weight excluding hydrogens is 595 g/mol. The molecule has 5 rings (SSSR count). The average Bonchev–Trinajstić information content (AvgIpc) is 3.45. The van der Waals surface area contributed by atoms with Gasteiger partial charge in [0.05, 0.1) is 11.8 Å². The van der Waals surface area contributed by atoms with Gasteiger partial charge in [-0.25, -0.2) is 4.79 Å². The van der Waals surface area contributed by atoms with Crippen molar-refractivity contribution in [1.82, 2.24) is 14.9 Å². The van der Waals surface area contributed by atoms with E-state index in [0.717, 1.165) is 73.4 Å². The summed E-state index contributed by atoms with van der Waals surface area (Å²) in [6.07, 6.45) is 11.6. The zero-order valence-electron chi connectivity index (χ0n) is 27.8. The summed E-state index contributed by atoms with van der Waals surface area (Å²) in [5.41, 5.74) is 4.89. The molecule has 1 saturated heterocycles. The fourth-order valence-electron chi connectivity index (χ4n) is 6.61. The quantitative estimate of drug-likeness (QED) is 0.176. The minimum absolute atomic E-state index is 0.141. The number of allylic oxidation sites excluding steroid dienone is 2. The molecule has 0 saturated carbocycles. The summed E-state index contributed by atoms with van der Waals surface area (Å²) in [7, 11) is 2.11. The number of esters is 1. The summed E-state index contributed by atoms with van der Waals surface area (Å²) in [5.74, 6) is 0.443. The van der Waals surface area contributed by atoms with Crippen LogP contribution in [-0.4, -0.2) is 70.6 Å². The Balaban J connectivity index is 1.42. The highest BCUT2D eigenvalue weighted by molar-refractivity contribution is 7.80. The van der Waals surface area contributed by atoms with Gasteiger partial charge in [-0.1, -0.05) is 60.3 Å². The lowest BCUT2D eigenvalue weighted by Crippen LogP contribution is -2.36. The van der Waals surface area contributed by atoms with Crippen molar-refractivity contribution in [3.63, 3.8) is 0 Å². The molecule has 244 valence electrons. The molecule has 1 aromatic carbocycles. The Labute approximate surface area is 279 Å². The number of anilines is 1. The number of thiocarbonyl (C=S) groups is 1. The first-order chi connectivity index (χ1) is 22.1. The first-order valence-electron chi connectivity index (χ1n) is 16.6. The van der Waals surface area contributed by atoms with Gasteiger partial charge in [0, 0.05) is 53.9 Å². The number of benzene rings is 1. The third-order valence-electron chi connectivity index (χ3n) is 8.93. The molecule has 8 nitrogen and oxygen atoms in total. The van der Waals surface area contributed by atoms with Gasteiger partial charge in [0.2, 0.25) is 0 Å². The van der Waals surface area contributed by atoms with Crippen molar-refractivity contribution < 1.29 is 14.3 Å². The summed E-state index contributed by atoms with van der Waals surface area (Å²) in [6.45, 7) is 8.26. The Hall–Kier alpha value is -3.61. The van der Waals surface area contributed by atoms with Crippen LogP contribution in [0.1, 0.15) is 76.1 Å². The number of carbonyl (C=O) groups is 1. The zero-order valence-corrected chi connectivity index (χ0v) is 28.6. The standard InChI is InChI=1S/C37H47N5O3S/c1-37(2,3)45-35(43)29-12-8-21-42(24-28(22-29)18-19-38)34-30-17-16-27(15-14-26-10-6-5-7-11-26)23-31(30)39-36(40-34)44-25-33(46)32-13-9-20-41(32)4/h5-7,10-11,15,22,28,32H,8-9,12-14,16-18,20-21,23-25H2,1-4H3/b27-15+,29-22?/t28?,32-/m0/s1. The third-order valence-corrected chi connectivity index (χ3v) is 9.32. The maximum absolute atomic E-state index is 13.0. The number of rotatable bonds is 9. The fourth-order valence-corrected chi connectivity index (χ4v) is 6.97. The minimum Gasteiger partial charge on any atom is -0.458 e. The van der Waals surface area contributed by atoms with Crippen molar-refractivity contribution in [3.05, 3.63) is 70.5 Å². The summed E-state index contributed by atoms with van der Waals surface area (Å²) in [4.78, 5) is 28.4. The maximum atomic E-state index is 13.0. The SMILES string of the molecule is CN1CCC[C@H]1C(=S)COc1nc2c(c(N3CCCC(C(=O)OC(C)(C)C)=CC(CC#N)C3)n1)CC/C(=C\Cc1ccccc1)C2. The number of hydrogen-bond acceptors (Lipinski definition) is 9. The normalized spacial score (nSPS) is 21.5. The van der Waals surface area contributed by atoms with Crippen LogP contribution in [0.2, 0.25) is 0 Å². The van der Waals surface area contributed by atoms with Crippen LogP contribution in [0.5, 0.6) is 6.01 Å². The lowest BCUT2D eigenvalue weighted by Gasteiger charge is -2.33. The number of nitriles is 1. The van der Waals surface area contributed by atoms with Crippen LogP contribution in [0.25, 0.3) is 0 Å². The smallest absolute Gasteiger partial charge is 0.334 e. The van der Waals surface area contributed by atoms with Gasteiger partial charge in [-0.05, 0) is 84.9 Å². The van der Waals surface area contributed by atoms with Crippen LogP contribution in [0.4, 0.5) is 5.82 Å². The van der Waals surface area contributed by atoms with E-state index in [9.17, 15) is 10.1 Å². The monoisotopic (exact) mass is 641 g/mol. The molecule has 0 bridgehead atoms. The molecule has 1 unspecified atom stereocenters. The number of likely N-dealkylation sites (tertiary alicyclic amines) is 1. The van der Waals surface area contributed by atoms with Crippen molar-refractivity contribution in [2.24, 2.45) is 5.92 Å². The van der Waals surface area contributed by atoms with E-state index in [-0.39, 0.29) is 17.9 Å². The Bertz CT molecular complexity index is 1510. The number of nitrogens with zero attached hydrogens (tertiary/aromatic N) is 5. The van der Waals surface area contributed by atoms with Gasteiger partial charge in [-0.2, -0.15) is 15.2 Å². The topological polar surface area (TPSA) is 91.6 Å². The van der Waals surface area contributed by atoms with Crippen molar-refractivity contribution >= 4 is 28.9 Å². The molecule has 1 fully saturated rings. The number of ether oxygens (including phenoxy) is 2. The van der Waals surface area contributed by atoms with Gasteiger partial charge < -0.3 is 14.4 Å². The molecule has 1 aromatic heterocycles. The van der Waals surface area contributed by atoms with E-state index >= 15 is 0 Å². The number of carbonyl (C=O) groups excluding carboxylic acids is 1. The van der Waals surface area contributed by atoms with Crippen LogP contribution in [0.15, 0.2) is 53.6 Å². The molecule has 2 aromatic rings. The lowest BCUT2D eigenvalue weighted by atomic mass is 9.90. The second kappa shape index (κ2) is 15.3. The van der Waals surface area contributed by atoms with E-state index < -0.39 is 5.60 Å². The molecule has 2 atom stereocenters. The van der Waals surface area contributed by atoms with Gasteiger partial charge in [-0.15, -0.1) is 0 Å². The fraction of sp³-hybridized carbons (Fsp3) is 0.541. The summed E-state index contributed by atoms with van der Waals surface area (Å²) >= 11 is 5.79. The number of fused-ring (bicyclic) bond motifs is 1. The predicted molar refractivity (Wildman–Crippen MR) is 185 cm³/mol. The third kappa shape index (κ3) is 9.01. The molecule has 3 heterocycles. The van der Waals surface area contributed by atoms with E-state index in [2.05, 4.69) is 53.3 Å². The van der Waals surface area contributed by atoms with Gasteiger partial charge >= 0.3 is 12.0 Å². The van der Waals surface area contributed by atoms with E-state index in [1.54, 1.807) is 0 Å². The molecule has 1 aliphatic carbocycles. The van der Waals surface area contributed by atoms with Gasteiger partial charge in [0.1, 0.15) is 18.0 Å². The Morgan fingerprint density at radius 1 is 1.13 bits per heavy atom. The highest BCUT2D eigenvalue weighted by atomic mass is 32.1. The molecule has 3 aliphatic rings. The van der Waals surface area contributed by atoms with Crippen molar-refractivity contribution in [3.8, 4) is 12.1 Å². The molecule has 2 aliphatic heterocycles. The number of aromatic nitrogens is 2. The van der Waals surface area contributed by atoms with E-state index in [1.807, 2.05) is 32.9 Å². The second-order valence-corrected chi connectivity index (χ2v) is 14.3. The maximum Gasteiger partial charge on any atom is 0.334 e. The summed E-state index contributed by atoms with van der Waals surface area (Å²) in [5, 5.41) is 9.70. The molecule has 46 heavy (non-hydrogen) atoms. The molecular formula is C37H47N5O3S. The Morgan fingerprint density at radius 3 is 2.65 bits per heavy atom. The Morgan fingerprint density at radius 2 is 1.93 bits per heavy atom. The van der Waals surface area contributed by atoms with Gasteiger partial charge in [0.15, 0.2) is 0 Å².